The number of hydrogen-bond donors (Lipinski definition) is 0. The van der Waals surface area contributed by atoms with Crippen LogP contribution >= 0.6 is 0 Å². The first-order valence-corrected chi connectivity index (χ1v) is 6.10. The molecule has 2 aromatic heterocycles. The zero-order chi connectivity index (χ0) is 15.0. The van der Waals surface area contributed by atoms with E-state index in [0.717, 1.165) is 0 Å². The fourth-order valence-corrected chi connectivity index (χ4v) is 2.03. The standard InChI is InChI=1S/C13H10N4O4/c1-8-4-10(21-15-8)6-16-7-14-12-3-2-9(17(19)20)5-11(12)13(16)18/h2-5,7H,6H2,1H3. The molecule has 0 fully saturated rings. The molecule has 0 spiro atoms. The molecule has 0 bridgehead atoms. The van der Waals surface area contributed by atoms with Crippen LogP contribution in [0.2, 0.25) is 0 Å². The highest BCUT2D eigenvalue weighted by atomic mass is 16.6. The molecular weight excluding hydrogens is 276 g/mol. The zero-order valence-corrected chi connectivity index (χ0v) is 11.0. The van der Waals surface area contributed by atoms with Crippen molar-refractivity contribution in [1.82, 2.24) is 14.7 Å². The van der Waals surface area contributed by atoms with Gasteiger partial charge in [-0.1, -0.05) is 5.16 Å². The molecule has 106 valence electrons. The fraction of sp³-hybridized carbons (Fsp3) is 0.154. The summed E-state index contributed by atoms with van der Waals surface area (Å²) in [6, 6.07) is 5.72. The molecule has 0 aliphatic heterocycles. The average Bonchev–Trinajstić information content (AvgIpc) is 2.87. The third kappa shape index (κ3) is 2.38. The van der Waals surface area contributed by atoms with Crippen LogP contribution < -0.4 is 5.56 Å². The summed E-state index contributed by atoms with van der Waals surface area (Å²) in [6.07, 6.45) is 1.38. The van der Waals surface area contributed by atoms with Gasteiger partial charge in [0.15, 0.2) is 5.76 Å². The van der Waals surface area contributed by atoms with Gasteiger partial charge >= 0.3 is 0 Å². The molecule has 21 heavy (non-hydrogen) atoms. The van der Waals surface area contributed by atoms with Gasteiger partial charge in [0.1, 0.15) is 0 Å². The van der Waals surface area contributed by atoms with Crippen molar-refractivity contribution < 1.29 is 9.45 Å². The lowest BCUT2D eigenvalue weighted by Crippen LogP contribution is -2.21. The lowest BCUT2D eigenvalue weighted by molar-refractivity contribution is -0.384. The van der Waals surface area contributed by atoms with Crippen LogP contribution in [0.5, 0.6) is 0 Å². The Balaban J connectivity index is 2.10. The van der Waals surface area contributed by atoms with Crippen molar-refractivity contribution in [2.24, 2.45) is 0 Å². The monoisotopic (exact) mass is 286 g/mol. The van der Waals surface area contributed by atoms with Crippen molar-refractivity contribution >= 4 is 16.6 Å². The summed E-state index contributed by atoms with van der Waals surface area (Å²) >= 11 is 0. The maximum Gasteiger partial charge on any atom is 0.270 e. The second-order valence-electron chi connectivity index (χ2n) is 4.57. The summed E-state index contributed by atoms with van der Waals surface area (Å²) in [4.78, 5) is 26.7. The van der Waals surface area contributed by atoms with E-state index in [1.165, 1.54) is 29.1 Å². The van der Waals surface area contributed by atoms with Gasteiger partial charge in [0.2, 0.25) is 0 Å². The van der Waals surface area contributed by atoms with Crippen LogP contribution in [-0.2, 0) is 6.54 Å². The van der Waals surface area contributed by atoms with Gasteiger partial charge in [0.25, 0.3) is 11.2 Å². The molecule has 0 saturated heterocycles. The van der Waals surface area contributed by atoms with E-state index in [9.17, 15) is 14.9 Å². The summed E-state index contributed by atoms with van der Waals surface area (Å²) in [6.45, 7) is 1.95. The smallest absolute Gasteiger partial charge is 0.270 e. The van der Waals surface area contributed by atoms with E-state index >= 15 is 0 Å². The van der Waals surface area contributed by atoms with Crippen LogP contribution in [0.1, 0.15) is 11.5 Å². The van der Waals surface area contributed by atoms with Crippen LogP contribution in [0.3, 0.4) is 0 Å². The van der Waals surface area contributed by atoms with Crippen molar-refractivity contribution in [3.8, 4) is 0 Å². The van der Waals surface area contributed by atoms with Crippen LogP contribution in [0.25, 0.3) is 10.9 Å². The Morgan fingerprint density at radius 3 is 2.86 bits per heavy atom. The molecule has 1 aromatic carbocycles. The van der Waals surface area contributed by atoms with Crippen molar-refractivity contribution in [3.05, 3.63) is 62.5 Å². The molecule has 0 aliphatic carbocycles. The van der Waals surface area contributed by atoms with E-state index in [-0.39, 0.29) is 23.2 Å². The molecule has 0 unspecified atom stereocenters. The van der Waals surface area contributed by atoms with Crippen LogP contribution in [-0.4, -0.2) is 19.6 Å². The van der Waals surface area contributed by atoms with Gasteiger partial charge < -0.3 is 4.52 Å². The molecule has 0 aliphatic rings. The number of fused-ring (bicyclic) bond motifs is 1. The van der Waals surface area contributed by atoms with Crippen molar-refractivity contribution in [2.45, 2.75) is 13.5 Å². The highest BCUT2D eigenvalue weighted by molar-refractivity contribution is 5.79. The summed E-state index contributed by atoms with van der Waals surface area (Å²) in [7, 11) is 0. The Kier molecular flexibility index (Phi) is 2.98. The highest BCUT2D eigenvalue weighted by Gasteiger charge is 2.12. The number of aromatic nitrogens is 3. The fourth-order valence-electron chi connectivity index (χ4n) is 2.03. The zero-order valence-electron chi connectivity index (χ0n) is 11.0. The van der Waals surface area contributed by atoms with Crippen LogP contribution in [0.15, 0.2) is 39.9 Å². The van der Waals surface area contributed by atoms with Gasteiger partial charge in [-0.05, 0) is 13.0 Å². The van der Waals surface area contributed by atoms with Crippen molar-refractivity contribution in [2.75, 3.05) is 0 Å². The number of nitrogens with zero attached hydrogens (tertiary/aromatic N) is 4. The minimum absolute atomic E-state index is 0.144. The topological polar surface area (TPSA) is 104 Å². The van der Waals surface area contributed by atoms with E-state index < -0.39 is 4.92 Å². The van der Waals surface area contributed by atoms with Gasteiger partial charge in [-0.25, -0.2) is 4.98 Å². The molecule has 0 amide bonds. The largest absolute Gasteiger partial charge is 0.359 e. The van der Waals surface area contributed by atoms with E-state index in [1.54, 1.807) is 13.0 Å². The lowest BCUT2D eigenvalue weighted by atomic mass is 10.2. The highest BCUT2D eigenvalue weighted by Crippen LogP contribution is 2.16. The van der Waals surface area contributed by atoms with Gasteiger partial charge in [-0.15, -0.1) is 0 Å². The Hall–Kier alpha value is -3.03. The second-order valence-corrected chi connectivity index (χ2v) is 4.57. The van der Waals surface area contributed by atoms with E-state index in [1.807, 2.05) is 0 Å². The summed E-state index contributed by atoms with van der Waals surface area (Å²) < 4.78 is 6.38. The third-order valence-corrected chi connectivity index (χ3v) is 3.02. The number of aryl methyl sites for hydroxylation is 1. The van der Waals surface area contributed by atoms with Crippen LogP contribution in [0.4, 0.5) is 5.69 Å². The predicted molar refractivity (Wildman–Crippen MR) is 73.0 cm³/mol. The average molecular weight is 286 g/mol. The van der Waals surface area contributed by atoms with E-state index in [0.29, 0.717) is 17.0 Å². The predicted octanol–water partition coefficient (Wildman–Crippen LogP) is 1.65. The third-order valence-electron chi connectivity index (χ3n) is 3.02. The van der Waals surface area contributed by atoms with E-state index in [2.05, 4.69) is 10.1 Å². The maximum absolute atomic E-state index is 12.4. The SMILES string of the molecule is Cc1cc(Cn2cnc3ccc([N+](=O)[O-])cc3c2=O)on1. The lowest BCUT2D eigenvalue weighted by Gasteiger charge is -2.04. The first-order valence-electron chi connectivity index (χ1n) is 6.10. The molecule has 0 N–H and O–H groups in total. The van der Waals surface area contributed by atoms with Gasteiger partial charge in [0.05, 0.1) is 34.4 Å². The van der Waals surface area contributed by atoms with Crippen molar-refractivity contribution in [3.63, 3.8) is 0 Å². The van der Waals surface area contributed by atoms with Gasteiger partial charge in [-0.2, -0.15) is 0 Å². The molecule has 8 heteroatoms. The Labute approximate surface area is 117 Å². The Morgan fingerprint density at radius 2 is 2.19 bits per heavy atom. The first kappa shape index (κ1) is 13.0. The molecular formula is C13H10N4O4. The quantitative estimate of drug-likeness (QED) is 0.535. The van der Waals surface area contributed by atoms with Crippen molar-refractivity contribution in [1.29, 1.82) is 0 Å². The minimum atomic E-state index is -0.546. The van der Waals surface area contributed by atoms with Crippen LogP contribution in [0, 0.1) is 17.0 Å². The molecule has 0 atom stereocenters. The number of benzene rings is 1. The summed E-state index contributed by atoms with van der Waals surface area (Å²) in [5, 5.41) is 14.7. The molecule has 3 aromatic rings. The Bertz CT molecular complexity index is 897. The number of nitro benzene ring substituents is 1. The Morgan fingerprint density at radius 1 is 1.38 bits per heavy atom. The molecule has 0 saturated carbocycles. The molecule has 0 radical (unpaired) electrons. The number of nitro groups is 1. The number of hydrogen-bond acceptors (Lipinski definition) is 6. The number of rotatable bonds is 3. The van der Waals surface area contributed by atoms with Gasteiger partial charge in [-0.3, -0.25) is 19.5 Å². The molecule has 3 rings (SSSR count). The molecule has 8 nitrogen and oxygen atoms in total. The minimum Gasteiger partial charge on any atom is -0.359 e. The number of non-ortho nitro benzene ring substituents is 1. The van der Waals surface area contributed by atoms with Gasteiger partial charge in [0, 0.05) is 18.2 Å². The summed E-state index contributed by atoms with van der Waals surface area (Å²) in [5.41, 5.74) is 0.616. The normalized spacial score (nSPS) is 10.9. The maximum atomic E-state index is 12.4. The second kappa shape index (κ2) is 4.82. The molecule has 2 heterocycles. The summed E-state index contributed by atoms with van der Waals surface area (Å²) in [5.74, 6) is 0.515. The van der Waals surface area contributed by atoms with E-state index in [4.69, 9.17) is 4.52 Å². The first-order chi connectivity index (χ1) is 10.0.